The molecule has 1 aliphatic heterocycles. The number of para-hydroxylation sites is 1. The smallest absolute Gasteiger partial charge is 0.394 e. The molecule has 0 aliphatic carbocycles. The number of hydrogen-bond acceptors (Lipinski definition) is 4. The molecule has 0 fully saturated rings. The molecule has 0 spiro atoms. The van der Waals surface area contributed by atoms with Crippen molar-refractivity contribution in [2.45, 2.75) is 38.8 Å². The van der Waals surface area contributed by atoms with Crippen molar-refractivity contribution < 1.29 is 32.6 Å². The Morgan fingerprint density at radius 2 is 1.66 bits per heavy atom. The lowest BCUT2D eigenvalue weighted by Gasteiger charge is -2.35. The summed E-state index contributed by atoms with van der Waals surface area (Å²) in [5.41, 5.74) is 1.65. The van der Waals surface area contributed by atoms with E-state index in [9.17, 15) is 27.9 Å². The van der Waals surface area contributed by atoms with Crippen molar-refractivity contribution in [3.63, 3.8) is 0 Å². The van der Waals surface area contributed by atoms with Crippen LogP contribution in [0.3, 0.4) is 0 Å². The number of likely N-dealkylation sites (N-methyl/N-ethyl adjacent to an activating group) is 1. The SMILES string of the molecule is C[C@H]1CN([C@@H](C)CO)C(=O)c2ccccc2-c2ccccc2CO[C@H]1CN(C)C(=O)Nc1ccccc1C(F)(F)F. The van der Waals surface area contributed by atoms with Gasteiger partial charge in [-0.2, -0.15) is 13.2 Å². The van der Waals surface area contributed by atoms with Gasteiger partial charge < -0.3 is 25.0 Å². The number of aliphatic hydroxyl groups excluding tert-OH is 1. The minimum Gasteiger partial charge on any atom is -0.394 e. The van der Waals surface area contributed by atoms with E-state index < -0.39 is 29.9 Å². The average molecular weight is 570 g/mol. The predicted octanol–water partition coefficient (Wildman–Crippen LogP) is 5.89. The minimum atomic E-state index is -4.63. The molecule has 3 amide bonds. The second-order valence-electron chi connectivity index (χ2n) is 10.4. The molecule has 3 atom stereocenters. The van der Waals surface area contributed by atoms with Crippen molar-refractivity contribution in [2.75, 3.05) is 32.1 Å². The third-order valence-corrected chi connectivity index (χ3v) is 7.37. The van der Waals surface area contributed by atoms with Crippen molar-refractivity contribution in [3.8, 4) is 11.1 Å². The number of rotatable bonds is 5. The van der Waals surface area contributed by atoms with Gasteiger partial charge >= 0.3 is 12.2 Å². The van der Waals surface area contributed by atoms with Crippen LogP contribution < -0.4 is 5.32 Å². The number of ether oxygens (including phenoxy) is 1. The number of nitrogens with one attached hydrogen (secondary N) is 1. The molecule has 3 aromatic rings. The van der Waals surface area contributed by atoms with E-state index in [0.717, 1.165) is 22.8 Å². The number of urea groups is 1. The Balaban J connectivity index is 1.64. The zero-order valence-electron chi connectivity index (χ0n) is 23.2. The van der Waals surface area contributed by atoms with Crippen LogP contribution in [-0.4, -0.2) is 65.7 Å². The van der Waals surface area contributed by atoms with E-state index in [-0.39, 0.29) is 43.8 Å². The van der Waals surface area contributed by atoms with E-state index in [0.29, 0.717) is 5.56 Å². The largest absolute Gasteiger partial charge is 0.418 e. The molecule has 41 heavy (non-hydrogen) atoms. The topological polar surface area (TPSA) is 82.1 Å². The lowest BCUT2D eigenvalue weighted by Crippen LogP contribution is -2.48. The van der Waals surface area contributed by atoms with Crippen LogP contribution in [0.4, 0.5) is 23.7 Å². The van der Waals surface area contributed by atoms with E-state index in [4.69, 9.17) is 4.74 Å². The molecule has 1 heterocycles. The highest BCUT2D eigenvalue weighted by atomic mass is 19.4. The summed E-state index contributed by atoms with van der Waals surface area (Å²) in [4.78, 5) is 29.8. The maximum Gasteiger partial charge on any atom is 0.418 e. The number of alkyl halides is 3. The van der Waals surface area contributed by atoms with Gasteiger partial charge in [-0.15, -0.1) is 0 Å². The van der Waals surface area contributed by atoms with Crippen LogP contribution in [0.2, 0.25) is 0 Å². The zero-order valence-corrected chi connectivity index (χ0v) is 23.2. The van der Waals surface area contributed by atoms with Crippen molar-refractivity contribution in [1.29, 1.82) is 0 Å². The summed E-state index contributed by atoms with van der Waals surface area (Å²) < 4.78 is 46.8. The van der Waals surface area contributed by atoms with Crippen molar-refractivity contribution in [3.05, 3.63) is 89.5 Å². The molecule has 0 saturated heterocycles. The average Bonchev–Trinajstić information content (AvgIpc) is 2.97. The van der Waals surface area contributed by atoms with Gasteiger partial charge in [-0.05, 0) is 41.8 Å². The van der Waals surface area contributed by atoms with E-state index in [2.05, 4.69) is 5.32 Å². The number of carbonyl (C=O) groups is 2. The number of aliphatic hydroxyl groups is 1. The molecule has 7 nitrogen and oxygen atoms in total. The first-order valence-electron chi connectivity index (χ1n) is 13.4. The summed E-state index contributed by atoms with van der Waals surface area (Å²) in [5, 5.41) is 12.3. The molecule has 3 aromatic carbocycles. The van der Waals surface area contributed by atoms with Crippen LogP contribution in [0.5, 0.6) is 0 Å². The summed E-state index contributed by atoms with van der Waals surface area (Å²) in [6, 6.07) is 18.5. The second kappa shape index (κ2) is 12.7. The molecule has 0 bridgehead atoms. The van der Waals surface area contributed by atoms with Gasteiger partial charge in [-0.1, -0.05) is 61.5 Å². The van der Waals surface area contributed by atoms with Gasteiger partial charge in [-0.25, -0.2) is 4.79 Å². The molecule has 2 N–H and O–H groups in total. The second-order valence-corrected chi connectivity index (χ2v) is 10.4. The highest BCUT2D eigenvalue weighted by molar-refractivity contribution is 6.01. The summed E-state index contributed by atoms with van der Waals surface area (Å²) >= 11 is 0. The quantitative estimate of drug-likeness (QED) is 0.401. The molecule has 0 saturated carbocycles. The van der Waals surface area contributed by atoms with Crippen molar-refractivity contribution in [1.82, 2.24) is 9.80 Å². The number of fused-ring (bicyclic) bond motifs is 3. The normalized spacial score (nSPS) is 18.5. The summed E-state index contributed by atoms with van der Waals surface area (Å²) in [5.74, 6) is -0.539. The molecule has 1 aliphatic rings. The van der Waals surface area contributed by atoms with E-state index in [1.807, 2.05) is 43.3 Å². The molecular weight excluding hydrogens is 535 g/mol. The first kappa shape index (κ1) is 30.1. The Labute approximate surface area is 237 Å². The first-order chi connectivity index (χ1) is 19.5. The van der Waals surface area contributed by atoms with E-state index in [1.165, 1.54) is 30.1 Å². The van der Waals surface area contributed by atoms with Crippen LogP contribution in [-0.2, 0) is 17.5 Å². The molecule has 0 aromatic heterocycles. The third-order valence-electron chi connectivity index (χ3n) is 7.37. The van der Waals surface area contributed by atoms with E-state index >= 15 is 0 Å². The number of hydrogen-bond donors (Lipinski definition) is 2. The third kappa shape index (κ3) is 6.89. The zero-order chi connectivity index (χ0) is 29.7. The number of benzene rings is 3. The lowest BCUT2D eigenvalue weighted by molar-refractivity contribution is -0.136. The van der Waals surface area contributed by atoms with Gasteiger partial charge in [0.2, 0.25) is 0 Å². The minimum absolute atomic E-state index is 0.0475. The predicted molar refractivity (Wildman–Crippen MR) is 150 cm³/mol. The molecule has 218 valence electrons. The van der Waals surface area contributed by atoms with Crippen molar-refractivity contribution >= 4 is 17.6 Å². The lowest BCUT2D eigenvalue weighted by atomic mass is 9.94. The van der Waals surface area contributed by atoms with Gasteiger partial charge in [0.25, 0.3) is 5.91 Å². The van der Waals surface area contributed by atoms with E-state index in [1.54, 1.807) is 24.0 Å². The fraction of sp³-hybridized carbons (Fsp3) is 0.355. The number of anilines is 1. The summed E-state index contributed by atoms with van der Waals surface area (Å²) in [6.07, 6.45) is -5.21. The Morgan fingerprint density at radius 3 is 2.34 bits per heavy atom. The van der Waals surface area contributed by atoms with Crippen molar-refractivity contribution in [2.24, 2.45) is 5.92 Å². The van der Waals surface area contributed by atoms with Gasteiger partial charge in [0.05, 0.1) is 36.6 Å². The number of carbonyl (C=O) groups excluding carboxylic acids is 2. The number of nitrogens with zero attached hydrogens (tertiary/aromatic N) is 2. The van der Waals surface area contributed by atoms with Crippen LogP contribution in [0.1, 0.15) is 35.3 Å². The monoisotopic (exact) mass is 569 g/mol. The van der Waals surface area contributed by atoms with Gasteiger partial charge in [0, 0.05) is 31.6 Å². The molecule has 0 unspecified atom stereocenters. The van der Waals surface area contributed by atoms with Crippen LogP contribution in [0.15, 0.2) is 72.8 Å². The Hall–Kier alpha value is -3.89. The molecule has 10 heteroatoms. The Morgan fingerprint density at radius 1 is 1.05 bits per heavy atom. The maximum absolute atomic E-state index is 13.9. The van der Waals surface area contributed by atoms with Gasteiger partial charge in [0.1, 0.15) is 0 Å². The Bertz CT molecular complexity index is 1380. The molecule has 4 rings (SSSR count). The number of halogens is 3. The standard InChI is InChI=1S/C31H34F3N3O4/c1-20-16-37(21(2)18-38)29(39)25-13-7-6-12-24(25)23-11-5-4-10-22(23)19-41-28(20)17-36(3)30(40)35-27-15-9-8-14-26(27)31(32,33)34/h4-15,20-21,28,38H,16-19H2,1-3H3,(H,35,40)/t20-,21-,28-/m0/s1. The fourth-order valence-electron chi connectivity index (χ4n) is 4.95. The van der Waals surface area contributed by atoms with Crippen LogP contribution in [0, 0.1) is 5.92 Å². The van der Waals surface area contributed by atoms with Gasteiger partial charge in [-0.3, -0.25) is 4.79 Å². The van der Waals surface area contributed by atoms with Gasteiger partial charge in [0.15, 0.2) is 0 Å². The number of amides is 3. The summed E-state index contributed by atoms with van der Waals surface area (Å²) in [7, 11) is 1.48. The first-order valence-corrected chi connectivity index (χ1v) is 13.4. The van der Waals surface area contributed by atoms with Crippen LogP contribution >= 0.6 is 0 Å². The fourth-order valence-corrected chi connectivity index (χ4v) is 4.95. The maximum atomic E-state index is 13.9. The highest BCUT2D eigenvalue weighted by Gasteiger charge is 2.35. The highest BCUT2D eigenvalue weighted by Crippen LogP contribution is 2.35. The molecule has 0 radical (unpaired) electrons. The summed E-state index contributed by atoms with van der Waals surface area (Å²) in [6.45, 7) is 3.86. The van der Waals surface area contributed by atoms with Crippen LogP contribution in [0.25, 0.3) is 11.1 Å². The molecular formula is C31H34F3N3O4. The Kier molecular flexibility index (Phi) is 9.35.